The molecule has 0 radical (unpaired) electrons. The second kappa shape index (κ2) is 10.5. The van der Waals surface area contributed by atoms with Crippen molar-refractivity contribution in [3.05, 3.63) is 71.8 Å². The van der Waals surface area contributed by atoms with Gasteiger partial charge in [-0.15, -0.1) is 0 Å². The summed E-state index contributed by atoms with van der Waals surface area (Å²) < 4.78 is 16.7. The Balaban J connectivity index is 1.73. The highest BCUT2D eigenvalue weighted by Gasteiger charge is 2.21. The lowest BCUT2D eigenvalue weighted by Crippen LogP contribution is -2.29. The number of rotatable bonds is 8. The minimum Gasteiger partial charge on any atom is -0.493 e. The molecule has 1 N–H and O–H groups in total. The topological polar surface area (TPSA) is 65.0 Å². The van der Waals surface area contributed by atoms with E-state index in [0.717, 1.165) is 21.9 Å². The monoisotopic (exact) mass is 418 g/mol. The van der Waals surface area contributed by atoms with Crippen LogP contribution in [0.3, 0.4) is 0 Å². The van der Waals surface area contributed by atoms with Gasteiger partial charge in [-0.1, -0.05) is 54.3 Å². The molecule has 0 saturated carbocycles. The summed E-state index contributed by atoms with van der Waals surface area (Å²) in [5, 5.41) is 11.7. The average molecular weight is 418 g/mol. The van der Waals surface area contributed by atoms with E-state index in [9.17, 15) is 9.90 Å². The molecular formula is C26H26O5. The maximum absolute atomic E-state index is 11.5. The minimum absolute atomic E-state index is 0.174. The van der Waals surface area contributed by atoms with Gasteiger partial charge in [-0.2, -0.15) is 0 Å². The zero-order valence-electron chi connectivity index (χ0n) is 17.9. The van der Waals surface area contributed by atoms with E-state index in [4.69, 9.17) is 14.2 Å². The van der Waals surface area contributed by atoms with Gasteiger partial charge >= 0.3 is 5.97 Å². The maximum atomic E-state index is 11.5. The van der Waals surface area contributed by atoms with Gasteiger partial charge in [0.05, 0.1) is 13.2 Å². The lowest BCUT2D eigenvalue weighted by atomic mass is 10.1. The molecule has 0 heterocycles. The second-order valence-electron chi connectivity index (χ2n) is 7.32. The fourth-order valence-electron chi connectivity index (χ4n) is 3.28. The number of hydrogen-bond acceptors (Lipinski definition) is 4. The third-order valence-corrected chi connectivity index (χ3v) is 4.67. The molecule has 3 rings (SSSR count). The SMILES string of the molecule is COc1ccc(CC(OC(C)C)C(=O)O)cc1OCC#Cc1cccc2ccccc12. The lowest BCUT2D eigenvalue weighted by Gasteiger charge is -2.17. The van der Waals surface area contributed by atoms with Crippen molar-refractivity contribution in [1.82, 2.24) is 0 Å². The zero-order valence-corrected chi connectivity index (χ0v) is 17.9. The Morgan fingerprint density at radius 2 is 1.81 bits per heavy atom. The summed E-state index contributed by atoms with van der Waals surface area (Å²) in [4.78, 5) is 11.5. The molecule has 0 aliphatic heterocycles. The Morgan fingerprint density at radius 3 is 2.55 bits per heavy atom. The molecule has 5 heteroatoms. The smallest absolute Gasteiger partial charge is 0.333 e. The minimum atomic E-state index is -0.993. The number of carbonyl (C=O) groups is 1. The molecule has 0 fully saturated rings. The van der Waals surface area contributed by atoms with E-state index in [1.54, 1.807) is 19.2 Å². The summed E-state index contributed by atoms with van der Waals surface area (Å²) in [5.41, 5.74) is 1.73. The molecule has 31 heavy (non-hydrogen) atoms. The van der Waals surface area contributed by atoms with E-state index in [1.807, 2.05) is 50.2 Å². The Kier molecular flexibility index (Phi) is 7.53. The molecule has 0 bridgehead atoms. The van der Waals surface area contributed by atoms with Gasteiger partial charge < -0.3 is 19.3 Å². The number of fused-ring (bicyclic) bond motifs is 1. The van der Waals surface area contributed by atoms with E-state index >= 15 is 0 Å². The van der Waals surface area contributed by atoms with Gasteiger partial charge in [0.2, 0.25) is 0 Å². The van der Waals surface area contributed by atoms with Crippen molar-refractivity contribution in [2.24, 2.45) is 0 Å². The summed E-state index contributed by atoms with van der Waals surface area (Å²) in [7, 11) is 1.56. The number of benzene rings is 3. The van der Waals surface area contributed by atoms with E-state index in [0.29, 0.717) is 11.5 Å². The Bertz CT molecular complexity index is 1100. The number of hydrogen-bond donors (Lipinski definition) is 1. The summed E-state index contributed by atoms with van der Waals surface area (Å²) >= 11 is 0. The predicted molar refractivity (Wildman–Crippen MR) is 121 cm³/mol. The molecule has 0 amide bonds. The predicted octanol–water partition coefficient (Wildman–Crippen LogP) is 4.70. The van der Waals surface area contributed by atoms with Gasteiger partial charge in [0.1, 0.15) is 6.61 Å². The molecule has 1 atom stereocenters. The van der Waals surface area contributed by atoms with Crippen molar-refractivity contribution in [3.8, 4) is 23.3 Å². The molecule has 160 valence electrons. The normalized spacial score (nSPS) is 11.6. The first-order chi connectivity index (χ1) is 15.0. The van der Waals surface area contributed by atoms with Crippen LogP contribution in [-0.2, 0) is 16.0 Å². The largest absolute Gasteiger partial charge is 0.493 e. The van der Waals surface area contributed by atoms with Crippen molar-refractivity contribution in [3.63, 3.8) is 0 Å². The average Bonchev–Trinajstić information content (AvgIpc) is 2.76. The third-order valence-electron chi connectivity index (χ3n) is 4.67. The van der Waals surface area contributed by atoms with Crippen molar-refractivity contribution in [2.45, 2.75) is 32.5 Å². The molecule has 0 aromatic heterocycles. The van der Waals surface area contributed by atoms with Gasteiger partial charge in [0, 0.05) is 12.0 Å². The third kappa shape index (κ3) is 6.00. The van der Waals surface area contributed by atoms with Crippen LogP contribution in [0, 0.1) is 11.8 Å². The van der Waals surface area contributed by atoms with Crippen LogP contribution < -0.4 is 9.47 Å². The first-order valence-corrected chi connectivity index (χ1v) is 10.1. The summed E-state index contributed by atoms with van der Waals surface area (Å²) in [6.07, 6.45) is -0.873. The summed E-state index contributed by atoms with van der Waals surface area (Å²) in [6, 6.07) is 19.5. The number of aliphatic carboxylic acids is 1. The molecule has 3 aromatic carbocycles. The Hall–Kier alpha value is -3.49. The van der Waals surface area contributed by atoms with Gasteiger partial charge in [-0.3, -0.25) is 0 Å². The Labute approximate surface area is 182 Å². The number of carboxylic acids is 1. The van der Waals surface area contributed by atoms with Crippen LogP contribution >= 0.6 is 0 Å². The molecule has 0 spiro atoms. The van der Waals surface area contributed by atoms with Crippen LogP contribution in [0.4, 0.5) is 0 Å². The lowest BCUT2D eigenvalue weighted by molar-refractivity contribution is -0.153. The van der Waals surface area contributed by atoms with Crippen LogP contribution in [0.2, 0.25) is 0 Å². The van der Waals surface area contributed by atoms with Crippen molar-refractivity contribution in [2.75, 3.05) is 13.7 Å². The van der Waals surface area contributed by atoms with Crippen LogP contribution in [0.5, 0.6) is 11.5 Å². The van der Waals surface area contributed by atoms with Gasteiger partial charge in [0.25, 0.3) is 0 Å². The summed E-state index contributed by atoms with van der Waals surface area (Å²) in [6.45, 7) is 3.80. The number of carboxylic acid groups (broad SMARTS) is 1. The highest BCUT2D eigenvalue weighted by atomic mass is 16.5. The number of ether oxygens (including phenoxy) is 3. The zero-order chi connectivity index (χ0) is 22.2. The van der Waals surface area contributed by atoms with Crippen LogP contribution in [0.1, 0.15) is 25.0 Å². The van der Waals surface area contributed by atoms with Crippen molar-refractivity contribution >= 4 is 16.7 Å². The quantitative estimate of drug-likeness (QED) is 0.537. The van der Waals surface area contributed by atoms with E-state index in [-0.39, 0.29) is 19.1 Å². The molecule has 3 aromatic rings. The first-order valence-electron chi connectivity index (χ1n) is 10.1. The summed E-state index contributed by atoms with van der Waals surface area (Å²) in [5.74, 6) is 6.30. The van der Waals surface area contributed by atoms with Crippen LogP contribution in [0.25, 0.3) is 10.8 Å². The van der Waals surface area contributed by atoms with Gasteiger partial charge in [0.15, 0.2) is 17.6 Å². The van der Waals surface area contributed by atoms with Crippen molar-refractivity contribution in [1.29, 1.82) is 0 Å². The highest BCUT2D eigenvalue weighted by molar-refractivity contribution is 5.88. The van der Waals surface area contributed by atoms with Gasteiger partial charge in [-0.05, 0) is 48.4 Å². The van der Waals surface area contributed by atoms with E-state index in [1.165, 1.54) is 0 Å². The van der Waals surface area contributed by atoms with Gasteiger partial charge in [-0.25, -0.2) is 4.79 Å². The molecule has 1 unspecified atom stereocenters. The van der Waals surface area contributed by atoms with Crippen LogP contribution in [0.15, 0.2) is 60.7 Å². The van der Waals surface area contributed by atoms with Crippen LogP contribution in [-0.4, -0.2) is 37.0 Å². The van der Waals surface area contributed by atoms with E-state index < -0.39 is 12.1 Å². The second-order valence-corrected chi connectivity index (χ2v) is 7.32. The molecule has 0 aliphatic rings. The molecule has 0 saturated heterocycles. The highest BCUT2D eigenvalue weighted by Crippen LogP contribution is 2.29. The molecule has 5 nitrogen and oxygen atoms in total. The molecular weight excluding hydrogens is 392 g/mol. The fourth-order valence-corrected chi connectivity index (χ4v) is 3.28. The standard InChI is InChI=1S/C26H26O5/c1-18(2)31-25(26(27)28)17-19-13-14-23(29-3)24(16-19)30-15-7-11-21-10-6-9-20-8-4-5-12-22(20)21/h4-6,8-10,12-14,16,18,25H,15,17H2,1-3H3,(H,27,28). The van der Waals surface area contributed by atoms with Crippen molar-refractivity contribution < 1.29 is 24.1 Å². The Morgan fingerprint density at radius 1 is 1.03 bits per heavy atom. The molecule has 0 aliphatic carbocycles. The first kappa shape index (κ1) is 22.2. The number of methoxy groups -OCH3 is 1. The maximum Gasteiger partial charge on any atom is 0.333 e. The van der Waals surface area contributed by atoms with E-state index in [2.05, 4.69) is 24.0 Å². The fraction of sp³-hybridized carbons (Fsp3) is 0.269.